The Balaban J connectivity index is 1.47. The van der Waals surface area contributed by atoms with E-state index in [2.05, 4.69) is 0 Å². The van der Waals surface area contributed by atoms with Gasteiger partial charge in [-0.15, -0.1) is 11.3 Å². The molecule has 2 heterocycles. The van der Waals surface area contributed by atoms with Gasteiger partial charge in [-0.2, -0.15) is 0 Å². The molecule has 1 aliphatic heterocycles. The molecule has 0 radical (unpaired) electrons. The molecule has 1 aromatic carbocycles. The number of amides is 2. The molecule has 1 aliphatic rings. The van der Waals surface area contributed by atoms with Gasteiger partial charge in [-0.25, -0.2) is 0 Å². The minimum absolute atomic E-state index is 0.0296. The van der Waals surface area contributed by atoms with Gasteiger partial charge >= 0.3 is 0 Å². The van der Waals surface area contributed by atoms with Crippen LogP contribution in [0.1, 0.15) is 32.0 Å². The Morgan fingerprint density at radius 1 is 1.29 bits per heavy atom. The number of likely N-dealkylation sites (tertiary alicyclic amines) is 1. The molecule has 0 spiro atoms. The molecule has 1 fully saturated rings. The molecule has 2 amide bonds. The fourth-order valence-corrected chi connectivity index (χ4v) is 3.67. The largest absolute Gasteiger partial charge is 0.376 e. The molecular formula is C18H20N2O3S. The lowest BCUT2D eigenvalue weighted by molar-refractivity contribution is 0.0737. The summed E-state index contributed by atoms with van der Waals surface area (Å²) >= 11 is 1.27. The SMILES string of the molecule is NC(=O)c1csc(C(=O)N2CCC(COCc3ccccc3)C2)c1. The highest BCUT2D eigenvalue weighted by Gasteiger charge is 2.28. The van der Waals surface area contributed by atoms with Gasteiger partial charge in [0.05, 0.1) is 23.7 Å². The van der Waals surface area contributed by atoms with Gasteiger partial charge < -0.3 is 15.4 Å². The fourth-order valence-electron chi connectivity index (χ4n) is 2.80. The van der Waals surface area contributed by atoms with Crippen LogP contribution in [-0.2, 0) is 11.3 Å². The van der Waals surface area contributed by atoms with Crippen LogP contribution in [0.2, 0.25) is 0 Å². The van der Waals surface area contributed by atoms with Crippen molar-refractivity contribution in [2.45, 2.75) is 13.0 Å². The normalized spacial score (nSPS) is 17.2. The standard InChI is InChI=1S/C18H20N2O3S/c19-17(21)15-8-16(24-12-15)18(22)20-7-6-14(9-20)11-23-10-13-4-2-1-3-5-13/h1-5,8,12,14H,6-7,9-11H2,(H2,19,21). The molecule has 1 saturated heterocycles. The maximum atomic E-state index is 12.5. The molecule has 1 unspecified atom stereocenters. The van der Waals surface area contributed by atoms with Crippen molar-refractivity contribution >= 4 is 23.2 Å². The first-order valence-corrected chi connectivity index (χ1v) is 8.80. The van der Waals surface area contributed by atoms with E-state index in [-0.39, 0.29) is 5.91 Å². The highest BCUT2D eigenvalue weighted by atomic mass is 32.1. The van der Waals surface area contributed by atoms with Crippen LogP contribution in [0.5, 0.6) is 0 Å². The number of benzene rings is 1. The number of primary amides is 1. The predicted molar refractivity (Wildman–Crippen MR) is 92.9 cm³/mol. The van der Waals surface area contributed by atoms with Crippen molar-refractivity contribution < 1.29 is 14.3 Å². The highest BCUT2D eigenvalue weighted by molar-refractivity contribution is 7.12. The zero-order valence-electron chi connectivity index (χ0n) is 13.3. The molecule has 0 aliphatic carbocycles. The third kappa shape index (κ3) is 4.01. The van der Waals surface area contributed by atoms with Gasteiger partial charge in [0.1, 0.15) is 0 Å². The van der Waals surface area contributed by atoms with E-state index in [1.54, 1.807) is 11.4 Å². The summed E-state index contributed by atoms with van der Waals surface area (Å²) in [6.07, 6.45) is 0.939. The Morgan fingerprint density at radius 2 is 2.08 bits per heavy atom. The molecule has 0 saturated carbocycles. The van der Waals surface area contributed by atoms with E-state index >= 15 is 0 Å². The number of ether oxygens (including phenoxy) is 1. The van der Waals surface area contributed by atoms with Gasteiger partial charge in [0.15, 0.2) is 0 Å². The van der Waals surface area contributed by atoms with Crippen molar-refractivity contribution in [1.82, 2.24) is 4.90 Å². The van der Waals surface area contributed by atoms with Gasteiger partial charge in [0.2, 0.25) is 5.91 Å². The van der Waals surface area contributed by atoms with Gasteiger partial charge in [-0.3, -0.25) is 9.59 Å². The monoisotopic (exact) mass is 344 g/mol. The Morgan fingerprint density at radius 3 is 2.79 bits per heavy atom. The second-order valence-corrected chi connectivity index (χ2v) is 6.88. The molecule has 1 atom stereocenters. The zero-order chi connectivity index (χ0) is 16.9. The van der Waals surface area contributed by atoms with Crippen molar-refractivity contribution in [3.05, 3.63) is 57.8 Å². The van der Waals surface area contributed by atoms with Crippen molar-refractivity contribution in [3.8, 4) is 0 Å². The summed E-state index contributed by atoms with van der Waals surface area (Å²) in [7, 11) is 0. The van der Waals surface area contributed by atoms with Crippen molar-refractivity contribution in [1.29, 1.82) is 0 Å². The molecule has 3 rings (SSSR count). The maximum Gasteiger partial charge on any atom is 0.263 e. The van der Waals surface area contributed by atoms with Crippen LogP contribution in [0.25, 0.3) is 0 Å². The van der Waals surface area contributed by atoms with Gasteiger partial charge in [0.25, 0.3) is 5.91 Å². The second-order valence-electron chi connectivity index (χ2n) is 5.97. The number of nitrogens with zero attached hydrogens (tertiary/aromatic N) is 1. The Labute approximate surface area is 145 Å². The molecule has 5 nitrogen and oxygen atoms in total. The summed E-state index contributed by atoms with van der Waals surface area (Å²) in [5.41, 5.74) is 6.78. The first kappa shape index (κ1) is 16.7. The van der Waals surface area contributed by atoms with Gasteiger partial charge in [-0.05, 0) is 18.1 Å². The second kappa shape index (κ2) is 7.59. The molecule has 1 aromatic heterocycles. The lowest BCUT2D eigenvalue weighted by Crippen LogP contribution is -2.28. The van der Waals surface area contributed by atoms with Crippen LogP contribution in [0.4, 0.5) is 0 Å². The number of carbonyl (C=O) groups is 2. The number of carbonyl (C=O) groups excluding carboxylic acids is 2. The van der Waals surface area contributed by atoms with Crippen LogP contribution >= 0.6 is 11.3 Å². The first-order chi connectivity index (χ1) is 11.6. The number of thiophene rings is 1. The topological polar surface area (TPSA) is 72.6 Å². The van der Waals surface area contributed by atoms with E-state index in [9.17, 15) is 9.59 Å². The lowest BCUT2D eigenvalue weighted by Gasteiger charge is -2.15. The number of nitrogens with two attached hydrogens (primary N) is 1. The lowest BCUT2D eigenvalue weighted by atomic mass is 10.1. The number of rotatable bonds is 6. The van der Waals surface area contributed by atoms with Gasteiger partial charge in [0, 0.05) is 24.4 Å². The third-order valence-corrected chi connectivity index (χ3v) is 5.05. The summed E-state index contributed by atoms with van der Waals surface area (Å²) in [4.78, 5) is 26.0. The van der Waals surface area contributed by atoms with Crippen LogP contribution < -0.4 is 5.73 Å². The third-order valence-electron chi connectivity index (χ3n) is 4.13. The average Bonchev–Trinajstić information content (AvgIpc) is 3.25. The average molecular weight is 344 g/mol. The van der Waals surface area contributed by atoms with Gasteiger partial charge in [-0.1, -0.05) is 30.3 Å². The summed E-state index contributed by atoms with van der Waals surface area (Å²) < 4.78 is 5.78. The smallest absolute Gasteiger partial charge is 0.263 e. The van der Waals surface area contributed by atoms with E-state index in [0.717, 1.165) is 18.5 Å². The molecule has 24 heavy (non-hydrogen) atoms. The number of hydrogen-bond donors (Lipinski definition) is 1. The van der Waals surface area contributed by atoms with E-state index < -0.39 is 5.91 Å². The quantitative estimate of drug-likeness (QED) is 0.875. The van der Waals surface area contributed by atoms with E-state index in [4.69, 9.17) is 10.5 Å². The fraction of sp³-hybridized carbons (Fsp3) is 0.333. The first-order valence-electron chi connectivity index (χ1n) is 7.93. The van der Waals surface area contributed by atoms with Crippen molar-refractivity contribution in [3.63, 3.8) is 0 Å². The Bertz CT molecular complexity index is 714. The summed E-state index contributed by atoms with van der Waals surface area (Å²) in [5.74, 6) is -0.176. The molecular weight excluding hydrogens is 324 g/mol. The Kier molecular flexibility index (Phi) is 5.27. The van der Waals surface area contributed by atoms with Crippen LogP contribution in [-0.4, -0.2) is 36.4 Å². The summed E-state index contributed by atoms with van der Waals surface area (Å²) in [6.45, 7) is 2.66. The molecule has 6 heteroatoms. The predicted octanol–water partition coefficient (Wildman–Crippen LogP) is 2.53. The van der Waals surface area contributed by atoms with E-state index in [0.29, 0.717) is 36.1 Å². The minimum atomic E-state index is -0.501. The highest BCUT2D eigenvalue weighted by Crippen LogP contribution is 2.22. The molecule has 126 valence electrons. The van der Waals surface area contributed by atoms with E-state index in [1.807, 2.05) is 35.2 Å². The molecule has 0 bridgehead atoms. The summed E-state index contributed by atoms with van der Waals surface area (Å²) in [6, 6.07) is 11.6. The van der Waals surface area contributed by atoms with Crippen LogP contribution in [0, 0.1) is 5.92 Å². The minimum Gasteiger partial charge on any atom is -0.376 e. The van der Waals surface area contributed by atoms with E-state index in [1.165, 1.54) is 11.3 Å². The van der Waals surface area contributed by atoms with Crippen molar-refractivity contribution in [2.24, 2.45) is 11.7 Å². The zero-order valence-corrected chi connectivity index (χ0v) is 14.1. The van der Waals surface area contributed by atoms with Crippen LogP contribution in [0.15, 0.2) is 41.8 Å². The molecule has 2 N–H and O–H groups in total. The van der Waals surface area contributed by atoms with Crippen molar-refractivity contribution in [2.75, 3.05) is 19.7 Å². The number of hydrogen-bond acceptors (Lipinski definition) is 4. The summed E-state index contributed by atoms with van der Waals surface area (Å²) in [5, 5.41) is 1.63. The molecule has 2 aromatic rings. The van der Waals surface area contributed by atoms with Crippen LogP contribution in [0.3, 0.4) is 0 Å². The Hall–Kier alpha value is -2.18. The maximum absolute atomic E-state index is 12.5.